The van der Waals surface area contributed by atoms with E-state index in [4.69, 9.17) is 4.98 Å². The number of H-pyrrole nitrogens is 2. The summed E-state index contributed by atoms with van der Waals surface area (Å²) in [5, 5.41) is 0. The molecule has 5 aromatic rings. The van der Waals surface area contributed by atoms with E-state index in [2.05, 4.69) is 55.8 Å². The monoisotopic (exact) mass is 685 g/mol. The summed E-state index contributed by atoms with van der Waals surface area (Å²) in [6.45, 7) is 11.2. The molecule has 7 rings (SSSR count). The number of hydrogen-bond acceptors (Lipinski definition) is 7. The Balaban J connectivity index is 1.03. The number of aromatic nitrogens is 6. The van der Waals surface area contributed by atoms with Gasteiger partial charge in [-0.3, -0.25) is 14.5 Å². The van der Waals surface area contributed by atoms with Crippen molar-refractivity contribution in [2.24, 2.45) is 5.92 Å². The molecule has 11 nitrogen and oxygen atoms in total. The SMILES string of the molecule is CCN(CC)[C@@H](C(=O)N1CCC[C@H]1c1ncc(-c2ccc(-c3ncc(-c4cnc([C@@H]5CCCN5C(=O)C(C)C)[nH]4)cn3)cc2)[nH]1)c1ccccc1. The van der Waals surface area contributed by atoms with Gasteiger partial charge >= 0.3 is 0 Å². The van der Waals surface area contributed by atoms with Crippen LogP contribution in [0.4, 0.5) is 0 Å². The number of carbonyl (C=O) groups excluding carboxylic acids is 2. The molecule has 0 aliphatic carbocycles. The van der Waals surface area contributed by atoms with E-state index >= 15 is 0 Å². The molecule has 2 fully saturated rings. The quantitative estimate of drug-likeness (QED) is 0.153. The number of amides is 2. The summed E-state index contributed by atoms with van der Waals surface area (Å²) in [6, 6.07) is 17.8. The van der Waals surface area contributed by atoms with Gasteiger partial charge in [0.1, 0.15) is 17.7 Å². The minimum atomic E-state index is -0.318. The molecule has 51 heavy (non-hydrogen) atoms. The minimum Gasteiger partial charge on any atom is -0.340 e. The van der Waals surface area contributed by atoms with Crippen molar-refractivity contribution in [2.45, 2.75) is 71.5 Å². The van der Waals surface area contributed by atoms with Crippen molar-refractivity contribution in [3.63, 3.8) is 0 Å². The molecule has 0 saturated carbocycles. The predicted octanol–water partition coefficient (Wildman–Crippen LogP) is 6.99. The highest BCUT2D eigenvalue weighted by atomic mass is 16.2. The van der Waals surface area contributed by atoms with Gasteiger partial charge in [-0.2, -0.15) is 0 Å². The van der Waals surface area contributed by atoms with E-state index in [1.807, 2.05) is 72.3 Å². The van der Waals surface area contributed by atoms with Gasteiger partial charge in [0.25, 0.3) is 0 Å². The fourth-order valence-corrected chi connectivity index (χ4v) is 7.57. The van der Waals surface area contributed by atoms with Gasteiger partial charge < -0.3 is 19.8 Å². The Morgan fingerprint density at radius 3 is 1.78 bits per heavy atom. The highest BCUT2D eigenvalue weighted by molar-refractivity contribution is 5.84. The van der Waals surface area contributed by atoms with Crippen LogP contribution in [-0.4, -0.2) is 82.6 Å². The second-order valence-electron chi connectivity index (χ2n) is 13.8. The first-order chi connectivity index (χ1) is 24.9. The van der Waals surface area contributed by atoms with Crippen molar-refractivity contribution in [1.82, 2.24) is 44.6 Å². The molecule has 2 N–H and O–H groups in total. The first-order valence-corrected chi connectivity index (χ1v) is 18.3. The van der Waals surface area contributed by atoms with Crippen LogP contribution in [0.25, 0.3) is 33.9 Å². The number of likely N-dealkylation sites (tertiary alicyclic amines) is 2. The summed E-state index contributed by atoms with van der Waals surface area (Å²) in [4.78, 5) is 58.7. The zero-order chi connectivity index (χ0) is 35.5. The summed E-state index contributed by atoms with van der Waals surface area (Å²) in [5.41, 5.74) is 5.50. The molecule has 0 unspecified atom stereocenters. The van der Waals surface area contributed by atoms with Crippen LogP contribution >= 0.6 is 0 Å². The van der Waals surface area contributed by atoms with Crippen LogP contribution in [0, 0.1) is 5.92 Å². The third-order valence-corrected chi connectivity index (χ3v) is 10.3. The van der Waals surface area contributed by atoms with Crippen molar-refractivity contribution in [3.8, 4) is 33.9 Å². The van der Waals surface area contributed by atoms with Crippen molar-refractivity contribution < 1.29 is 9.59 Å². The lowest BCUT2D eigenvalue weighted by Crippen LogP contribution is -2.43. The predicted molar refractivity (Wildman–Crippen MR) is 197 cm³/mol. The van der Waals surface area contributed by atoms with Crippen molar-refractivity contribution >= 4 is 11.8 Å². The van der Waals surface area contributed by atoms with Gasteiger partial charge in [0.05, 0.1) is 35.9 Å². The third kappa shape index (κ3) is 6.95. The van der Waals surface area contributed by atoms with Gasteiger partial charge in [0.2, 0.25) is 11.8 Å². The molecule has 2 amide bonds. The van der Waals surface area contributed by atoms with Crippen LogP contribution in [-0.2, 0) is 9.59 Å². The molecular weight excluding hydrogens is 639 g/mol. The molecule has 264 valence electrons. The van der Waals surface area contributed by atoms with Gasteiger partial charge in [0.15, 0.2) is 5.82 Å². The zero-order valence-corrected chi connectivity index (χ0v) is 29.9. The smallest absolute Gasteiger partial charge is 0.245 e. The molecule has 3 atom stereocenters. The molecule has 0 radical (unpaired) electrons. The van der Waals surface area contributed by atoms with Crippen LogP contribution in [0.5, 0.6) is 0 Å². The van der Waals surface area contributed by atoms with Crippen molar-refractivity contribution in [1.29, 1.82) is 0 Å². The number of nitrogens with one attached hydrogen (secondary N) is 2. The fraction of sp³-hybridized carbons (Fsp3) is 0.400. The number of hydrogen-bond donors (Lipinski definition) is 2. The van der Waals surface area contributed by atoms with E-state index in [0.29, 0.717) is 5.82 Å². The highest BCUT2D eigenvalue weighted by Gasteiger charge is 2.38. The Morgan fingerprint density at radius 1 is 0.706 bits per heavy atom. The number of benzene rings is 2. The largest absolute Gasteiger partial charge is 0.340 e. The topological polar surface area (TPSA) is 127 Å². The number of rotatable bonds is 11. The summed E-state index contributed by atoms with van der Waals surface area (Å²) < 4.78 is 0. The summed E-state index contributed by atoms with van der Waals surface area (Å²) >= 11 is 0. The van der Waals surface area contributed by atoms with Crippen molar-refractivity contribution in [3.05, 3.63) is 96.6 Å². The van der Waals surface area contributed by atoms with Gasteiger partial charge in [-0.05, 0) is 49.9 Å². The maximum Gasteiger partial charge on any atom is 0.245 e. The number of likely N-dealkylation sites (N-methyl/N-ethyl adjacent to an activating group) is 1. The molecule has 0 spiro atoms. The second kappa shape index (κ2) is 15.0. The normalized spacial score (nSPS) is 18.2. The van der Waals surface area contributed by atoms with Crippen LogP contribution in [0.1, 0.15) is 88.7 Å². The van der Waals surface area contributed by atoms with Crippen LogP contribution in [0.15, 0.2) is 79.4 Å². The van der Waals surface area contributed by atoms with E-state index in [0.717, 1.165) is 97.2 Å². The first kappa shape index (κ1) is 34.3. The third-order valence-electron chi connectivity index (χ3n) is 10.3. The molecule has 5 heterocycles. The number of nitrogens with zero attached hydrogens (tertiary/aromatic N) is 7. The fourth-order valence-electron chi connectivity index (χ4n) is 7.57. The summed E-state index contributed by atoms with van der Waals surface area (Å²) in [7, 11) is 0. The first-order valence-electron chi connectivity index (χ1n) is 18.3. The lowest BCUT2D eigenvalue weighted by molar-refractivity contribution is -0.138. The number of imidazole rings is 2. The van der Waals surface area contributed by atoms with Gasteiger partial charge in [0, 0.05) is 42.5 Å². The van der Waals surface area contributed by atoms with E-state index in [1.165, 1.54) is 0 Å². The van der Waals surface area contributed by atoms with E-state index in [1.54, 1.807) is 18.6 Å². The second-order valence-corrected chi connectivity index (χ2v) is 13.8. The van der Waals surface area contributed by atoms with Crippen LogP contribution in [0.2, 0.25) is 0 Å². The summed E-state index contributed by atoms with van der Waals surface area (Å²) in [5.74, 6) is 2.51. The lowest BCUT2D eigenvalue weighted by Gasteiger charge is -2.34. The Labute approximate surface area is 299 Å². The average molecular weight is 686 g/mol. The van der Waals surface area contributed by atoms with E-state index < -0.39 is 0 Å². The Bertz CT molecular complexity index is 1930. The number of aromatic amines is 2. The molecule has 0 bridgehead atoms. The van der Waals surface area contributed by atoms with E-state index in [9.17, 15) is 9.59 Å². The Morgan fingerprint density at radius 2 is 1.24 bits per heavy atom. The molecule has 2 aliphatic rings. The maximum absolute atomic E-state index is 14.2. The molecule has 2 aromatic carbocycles. The lowest BCUT2D eigenvalue weighted by atomic mass is 10.0. The number of carbonyl (C=O) groups is 2. The van der Waals surface area contributed by atoms with Gasteiger partial charge in [-0.25, -0.2) is 19.9 Å². The van der Waals surface area contributed by atoms with Crippen LogP contribution < -0.4 is 0 Å². The minimum absolute atomic E-state index is 0.0255. The summed E-state index contributed by atoms with van der Waals surface area (Å²) in [6.07, 6.45) is 11.0. The van der Waals surface area contributed by atoms with Gasteiger partial charge in [-0.15, -0.1) is 0 Å². The molecule has 11 heteroatoms. The van der Waals surface area contributed by atoms with E-state index in [-0.39, 0.29) is 35.9 Å². The average Bonchev–Trinajstić information content (AvgIpc) is 4.00. The van der Waals surface area contributed by atoms with Crippen molar-refractivity contribution in [2.75, 3.05) is 26.2 Å². The Kier molecular flexibility index (Phi) is 10.1. The Hall–Kier alpha value is -5.16. The highest BCUT2D eigenvalue weighted by Crippen LogP contribution is 2.36. The molecular formula is C40H47N9O2. The standard InChI is InChI=1S/C40H47N9O2/c1-5-47(6-2)35(28-12-8-7-9-13-28)40(51)49-21-11-15-34(49)38-43-24-31(45-38)27-16-18-29(19-17-27)36-41-22-30(23-42-36)32-25-44-37(46-32)33-14-10-20-48(33)39(50)26(3)4/h7-9,12-13,16-19,22-26,33-35H,5-6,10-11,14-15,20-21H2,1-4H3,(H,43,45)(H,44,46)/t33-,34-,35+/m0/s1. The van der Waals surface area contributed by atoms with Gasteiger partial charge in [-0.1, -0.05) is 82.3 Å². The van der Waals surface area contributed by atoms with Crippen LogP contribution in [0.3, 0.4) is 0 Å². The maximum atomic E-state index is 14.2. The zero-order valence-electron chi connectivity index (χ0n) is 29.9. The molecule has 2 saturated heterocycles. The molecule has 3 aromatic heterocycles. The molecule has 2 aliphatic heterocycles.